The molecule has 118 valence electrons. The number of hydrogen-bond acceptors (Lipinski definition) is 3. The molecule has 23 heavy (non-hydrogen) atoms. The zero-order valence-corrected chi connectivity index (χ0v) is 14.0. The number of amides is 1. The van der Waals surface area contributed by atoms with E-state index in [1.54, 1.807) is 6.20 Å². The second-order valence-electron chi connectivity index (χ2n) is 5.83. The van der Waals surface area contributed by atoms with Gasteiger partial charge >= 0.3 is 0 Å². The van der Waals surface area contributed by atoms with Gasteiger partial charge < -0.3 is 9.88 Å². The standard InChI is InChI=1S/C17H16ClN3OS/c18-15-11-4-1-2-7-14(11)23-16(15)17(22)20-12-5-3-6-13(12)21-9-8-19-10-21/h1-2,4,7-10,12-13H,3,5-6H2,(H,20,22). The Balaban J connectivity index is 1.58. The van der Waals surface area contributed by atoms with E-state index >= 15 is 0 Å². The van der Waals surface area contributed by atoms with E-state index in [4.69, 9.17) is 11.6 Å². The van der Waals surface area contributed by atoms with Gasteiger partial charge in [0.2, 0.25) is 0 Å². The van der Waals surface area contributed by atoms with Crippen LogP contribution in [0.2, 0.25) is 5.02 Å². The molecule has 1 fully saturated rings. The molecule has 1 aliphatic rings. The molecule has 1 amide bonds. The van der Waals surface area contributed by atoms with Gasteiger partial charge in [0.05, 0.1) is 17.4 Å². The molecule has 0 bridgehead atoms. The first-order valence-electron chi connectivity index (χ1n) is 7.69. The van der Waals surface area contributed by atoms with Gasteiger partial charge in [-0.3, -0.25) is 4.79 Å². The number of thiophene rings is 1. The molecular weight excluding hydrogens is 330 g/mol. The monoisotopic (exact) mass is 345 g/mol. The third-order valence-corrected chi connectivity index (χ3v) is 6.12. The van der Waals surface area contributed by atoms with Gasteiger partial charge in [-0.1, -0.05) is 29.8 Å². The van der Waals surface area contributed by atoms with Gasteiger partial charge in [-0.15, -0.1) is 11.3 Å². The molecule has 0 spiro atoms. The van der Waals surface area contributed by atoms with E-state index < -0.39 is 0 Å². The Bertz CT molecular complexity index is 843. The molecule has 0 aliphatic heterocycles. The number of hydrogen-bond donors (Lipinski definition) is 1. The van der Waals surface area contributed by atoms with Crippen molar-refractivity contribution >= 4 is 38.9 Å². The lowest BCUT2D eigenvalue weighted by Gasteiger charge is -2.21. The highest BCUT2D eigenvalue weighted by atomic mass is 35.5. The summed E-state index contributed by atoms with van der Waals surface area (Å²) in [6.07, 6.45) is 8.70. The van der Waals surface area contributed by atoms with Crippen molar-refractivity contribution in [3.05, 3.63) is 52.9 Å². The molecule has 2 atom stereocenters. The predicted molar refractivity (Wildman–Crippen MR) is 93.2 cm³/mol. The zero-order valence-electron chi connectivity index (χ0n) is 12.4. The van der Waals surface area contributed by atoms with Gasteiger partial charge in [0.25, 0.3) is 5.91 Å². The Labute approximate surface area is 143 Å². The van der Waals surface area contributed by atoms with Crippen LogP contribution in [0.5, 0.6) is 0 Å². The number of nitrogens with zero attached hydrogens (tertiary/aromatic N) is 2. The van der Waals surface area contributed by atoms with Crippen LogP contribution in [0.4, 0.5) is 0 Å². The molecule has 2 aromatic heterocycles. The molecule has 2 heterocycles. The maximum absolute atomic E-state index is 12.7. The topological polar surface area (TPSA) is 46.9 Å². The number of imidazole rings is 1. The molecule has 1 aromatic carbocycles. The van der Waals surface area contributed by atoms with Crippen LogP contribution < -0.4 is 5.32 Å². The molecule has 2 unspecified atom stereocenters. The van der Waals surface area contributed by atoms with Crippen LogP contribution in [-0.4, -0.2) is 21.5 Å². The first kappa shape index (κ1) is 14.7. The maximum Gasteiger partial charge on any atom is 0.263 e. The van der Waals surface area contributed by atoms with Crippen molar-refractivity contribution in [2.75, 3.05) is 0 Å². The van der Waals surface area contributed by atoms with Crippen molar-refractivity contribution in [2.45, 2.75) is 31.3 Å². The predicted octanol–water partition coefficient (Wildman–Crippen LogP) is 4.27. The van der Waals surface area contributed by atoms with E-state index in [1.165, 1.54) is 11.3 Å². The Hall–Kier alpha value is -1.85. The van der Waals surface area contributed by atoms with E-state index in [0.717, 1.165) is 29.3 Å². The van der Waals surface area contributed by atoms with Crippen molar-refractivity contribution in [3.8, 4) is 0 Å². The Morgan fingerprint density at radius 2 is 2.22 bits per heavy atom. The second-order valence-corrected chi connectivity index (χ2v) is 7.26. The summed E-state index contributed by atoms with van der Waals surface area (Å²) in [5.74, 6) is -0.0757. The highest BCUT2D eigenvalue weighted by molar-refractivity contribution is 7.21. The van der Waals surface area contributed by atoms with Gasteiger partial charge in [0, 0.05) is 28.5 Å². The smallest absolute Gasteiger partial charge is 0.263 e. The molecule has 0 radical (unpaired) electrons. The molecule has 3 aromatic rings. The molecule has 4 nitrogen and oxygen atoms in total. The molecule has 1 saturated carbocycles. The molecular formula is C17H16ClN3OS. The van der Waals surface area contributed by atoms with E-state index in [0.29, 0.717) is 9.90 Å². The molecule has 6 heteroatoms. The summed E-state index contributed by atoms with van der Waals surface area (Å²) < 4.78 is 3.13. The summed E-state index contributed by atoms with van der Waals surface area (Å²) in [6, 6.07) is 8.24. The van der Waals surface area contributed by atoms with Gasteiger partial charge in [0.15, 0.2) is 0 Å². The summed E-state index contributed by atoms with van der Waals surface area (Å²) in [7, 11) is 0. The fraction of sp³-hybridized carbons (Fsp3) is 0.294. The minimum Gasteiger partial charge on any atom is -0.346 e. The SMILES string of the molecule is O=C(NC1CCCC1n1ccnc1)c1sc2ccccc2c1Cl. The van der Waals surface area contributed by atoms with Crippen LogP contribution in [0.1, 0.15) is 35.0 Å². The van der Waals surface area contributed by atoms with Crippen LogP contribution in [0.25, 0.3) is 10.1 Å². The van der Waals surface area contributed by atoms with Crippen molar-refractivity contribution < 1.29 is 4.79 Å². The minimum atomic E-state index is -0.0757. The van der Waals surface area contributed by atoms with Gasteiger partial charge in [-0.2, -0.15) is 0 Å². The van der Waals surface area contributed by atoms with Crippen LogP contribution >= 0.6 is 22.9 Å². The quantitative estimate of drug-likeness (QED) is 0.770. The molecule has 1 aliphatic carbocycles. The van der Waals surface area contributed by atoms with E-state index in [1.807, 2.05) is 36.8 Å². The lowest BCUT2D eigenvalue weighted by Crippen LogP contribution is -2.37. The third-order valence-electron chi connectivity index (χ3n) is 4.44. The largest absolute Gasteiger partial charge is 0.346 e. The van der Waals surface area contributed by atoms with Crippen LogP contribution in [0, 0.1) is 0 Å². The van der Waals surface area contributed by atoms with Crippen molar-refractivity contribution in [2.24, 2.45) is 0 Å². The maximum atomic E-state index is 12.7. The Kier molecular flexibility index (Phi) is 3.83. The number of carbonyl (C=O) groups excluding carboxylic acids is 1. The number of aromatic nitrogens is 2. The van der Waals surface area contributed by atoms with Gasteiger partial charge in [-0.25, -0.2) is 4.98 Å². The van der Waals surface area contributed by atoms with E-state index in [-0.39, 0.29) is 18.0 Å². The first-order chi connectivity index (χ1) is 11.2. The number of benzene rings is 1. The molecule has 0 saturated heterocycles. The van der Waals surface area contributed by atoms with E-state index in [9.17, 15) is 4.79 Å². The number of carbonyl (C=O) groups is 1. The zero-order chi connectivity index (χ0) is 15.8. The fourth-order valence-corrected chi connectivity index (χ4v) is 4.75. The lowest BCUT2D eigenvalue weighted by atomic mass is 10.1. The molecule has 4 rings (SSSR count). The highest BCUT2D eigenvalue weighted by Crippen LogP contribution is 2.36. The lowest BCUT2D eigenvalue weighted by molar-refractivity contribution is 0.0933. The Morgan fingerprint density at radius 1 is 1.35 bits per heavy atom. The third kappa shape index (κ3) is 2.64. The van der Waals surface area contributed by atoms with Gasteiger partial charge in [0.1, 0.15) is 4.88 Å². The van der Waals surface area contributed by atoms with Crippen molar-refractivity contribution in [3.63, 3.8) is 0 Å². The first-order valence-corrected chi connectivity index (χ1v) is 8.89. The summed E-state index contributed by atoms with van der Waals surface area (Å²) in [4.78, 5) is 17.4. The minimum absolute atomic E-state index is 0.0757. The molecule has 1 N–H and O–H groups in total. The Morgan fingerprint density at radius 3 is 3.00 bits per heavy atom. The highest BCUT2D eigenvalue weighted by Gasteiger charge is 2.30. The summed E-state index contributed by atoms with van der Waals surface area (Å²) in [5.41, 5.74) is 0. The fourth-order valence-electron chi connectivity index (χ4n) is 3.33. The second kappa shape index (κ2) is 5.98. The number of fused-ring (bicyclic) bond motifs is 1. The number of halogens is 1. The summed E-state index contributed by atoms with van der Waals surface area (Å²) in [5, 5.41) is 4.68. The van der Waals surface area contributed by atoms with Crippen LogP contribution in [-0.2, 0) is 0 Å². The van der Waals surface area contributed by atoms with Gasteiger partial charge in [-0.05, 0) is 25.3 Å². The van der Waals surface area contributed by atoms with Crippen molar-refractivity contribution in [1.29, 1.82) is 0 Å². The summed E-state index contributed by atoms with van der Waals surface area (Å²) in [6.45, 7) is 0. The van der Waals surface area contributed by atoms with Crippen molar-refractivity contribution in [1.82, 2.24) is 14.9 Å². The number of rotatable bonds is 3. The van der Waals surface area contributed by atoms with Crippen LogP contribution in [0.15, 0.2) is 43.0 Å². The number of nitrogens with one attached hydrogen (secondary N) is 1. The average Bonchev–Trinajstić information content (AvgIpc) is 3.27. The van der Waals surface area contributed by atoms with Crippen LogP contribution in [0.3, 0.4) is 0 Å². The van der Waals surface area contributed by atoms with E-state index in [2.05, 4.69) is 14.9 Å². The summed E-state index contributed by atoms with van der Waals surface area (Å²) >= 11 is 7.86. The average molecular weight is 346 g/mol. The normalized spacial score (nSPS) is 20.9.